The second kappa shape index (κ2) is 12.0. The summed E-state index contributed by atoms with van der Waals surface area (Å²) in [6.07, 6.45) is 1.29. The van der Waals surface area contributed by atoms with Crippen molar-refractivity contribution in [1.82, 2.24) is 19.3 Å². The van der Waals surface area contributed by atoms with Crippen molar-refractivity contribution in [2.45, 2.75) is 24.3 Å². The molecule has 2 fully saturated rings. The molecule has 11 nitrogen and oxygen atoms in total. The SMILES string of the molecule is COc1ccc(NC(=O)C2CCN(Cc3nc(-c4ccccc4Cl)no3)CC2)cc1S(=O)(=O)N1CCOCC1. The van der Waals surface area contributed by atoms with Gasteiger partial charge in [0.05, 0.1) is 31.9 Å². The van der Waals surface area contributed by atoms with Crippen molar-refractivity contribution in [2.75, 3.05) is 51.8 Å². The quantitative estimate of drug-likeness (QED) is 0.430. The summed E-state index contributed by atoms with van der Waals surface area (Å²) in [7, 11) is -2.38. The van der Waals surface area contributed by atoms with E-state index in [0.717, 1.165) is 0 Å². The highest BCUT2D eigenvalue weighted by molar-refractivity contribution is 7.89. The fourth-order valence-corrected chi connectivity index (χ4v) is 6.55. The van der Waals surface area contributed by atoms with E-state index in [2.05, 4.69) is 20.4 Å². The Morgan fingerprint density at radius 1 is 1.13 bits per heavy atom. The Bertz CT molecular complexity index is 1420. The first kappa shape index (κ1) is 27.5. The number of aromatic nitrogens is 2. The smallest absolute Gasteiger partial charge is 0.246 e. The van der Waals surface area contributed by atoms with Gasteiger partial charge in [-0.3, -0.25) is 9.69 Å². The van der Waals surface area contributed by atoms with Crippen molar-refractivity contribution < 1.29 is 27.2 Å². The first-order valence-corrected chi connectivity index (χ1v) is 14.5. The molecule has 5 rings (SSSR count). The van der Waals surface area contributed by atoms with E-state index in [-0.39, 0.29) is 35.6 Å². The van der Waals surface area contributed by atoms with Gasteiger partial charge < -0.3 is 19.3 Å². The second-order valence-electron chi connectivity index (χ2n) is 9.41. The molecule has 2 aromatic carbocycles. The molecule has 0 spiro atoms. The van der Waals surface area contributed by atoms with Gasteiger partial charge in [0, 0.05) is 30.3 Å². The van der Waals surface area contributed by atoms with Crippen LogP contribution in [-0.4, -0.2) is 80.2 Å². The van der Waals surface area contributed by atoms with Crippen LogP contribution in [-0.2, 0) is 26.1 Å². The summed E-state index contributed by atoms with van der Waals surface area (Å²) in [5.74, 6) is 0.809. The number of anilines is 1. The molecule has 3 heterocycles. The minimum absolute atomic E-state index is 0.0234. The van der Waals surface area contributed by atoms with Gasteiger partial charge in [0.25, 0.3) is 0 Å². The molecule has 0 unspecified atom stereocenters. The summed E-state index contributed by atoms with van der Waals surface area (Å²) in [5, 5.41) is 7.50. The minimum atomic E-state index is -3.80. The number of benzene rings is 2. The van der Waals surface area contributed by atoms with E-state index in [4.69, 9.17) is 25.6 Å². The number of methoxy groups -OCH3 is 1. The molecule has 0 atom stereocenters. The Balaban J connectivity index is 1.18. The van der Waals surface area contributed by atoms with E-state index >= 15 is 0 Å². The van der Waals surface area contributed by atoms with Crippen molar-refractivity contribution in [3.63, 3.8) is 0 Å². The molecule has 13 heteroatoms. The summed E-state index contributed by atoms with van der Waals surface area (Å²) in [4.78, 5) is 19.7. The third-order valence-electron chi connectivity index (χ3n) is 6.92. The molecule has 0 aliphatic carbocycles. The van der Waals surface area contributed by atoms with Crippen LogP contribution in [0, 0.1) is 5.92 Å². The average Bonchev–Trinajstić information content (AvgIpc) is 3.42. The van der Waals surface area contributed by atoms with Crippen LogP contribution in [0.25, 0.3) is 11.4 Å². The standard InChI is InChI=1S/C26H30ClN5O6S/c1-36-22-7-6-19(16-23(22)39(34,35)32-12-14-37-15-13-32)28-26(33)18-8-10-31(11-9-18)17-24-29-25(30-38-24)20-4-2-3-5-21(20)27/h2-7,16,18H,8-15,17H2,1H3,(H,28,33). The zero-order valence-corrected chi connectivity index (χ0v) is 23.1. The molecule has 39 heavy (non-hydrogen) atoms. The molecule has 1 aromatic heterocycles. The van der Waals surface area contributed by atoms with Crippen LogP contribution in [0.15, 0.2) is 51.9 Å². The van der Waals surface area contributed by atoms with Gasteiger partial charge in [-0.2, -0.15) is 9.29 Å². The van der Waals surface area contributed by atoms with Gasteiger partial charge in [0.2, 0.25) is 27.6 Å². The zero-order chi connectivity index (χ0) is 27.4. The van der Waals surface area contributed by atoms with Crippen LogP contribution in [0.3, 0.4) is 0 Å². The number of nitrogens with one attached hydrogen (secondary N) is 1. The van der Waals surface area contributed by atoms with Gasteiger partial charge in [-0.1, -0.05) is 28.9 Å². The highest BCUT2D eigenvalue weighted by Gasteiger charge is 2.31. The van der Waals surface area contributed by atoms with E-state index < -0.39 is 10.0 Å². The maximum absolute atomic E-state index is 13.2. The number of halogens is 1. The summed E-state index contributed by atoms with van der Waals surface area (Å²) in [6.45, 7) is 3.06. The monoisotopic (exact) mass is 575 g/mol. The highest BCUT2D eigenvalue weighted by atomic mass is 35.5. The molecule has 2 aliphatic heterocycles. The normalized spacial score (nSPS) is 17.7. The number of sulfonamides is 1. The number of morpholine rings is 1. The molecule has 2 saturated heterocycles. The Labute approximate surface area is 232 Å². The molecule has 0 saturated carbocycles. The lowest BCUT2D eigenvalue weighted by Crippen LogP contribution is -2.40. The van der Waals surface area contributed by atoms with Gasteiger partial charge in [0.1, 0.15) is 10.6 Å². The third kappa shape index (κ3) is 6.25. The molecule has 1 N–H and O–H groups in total. The predicted octanol–water partition coefficient (Wildman–Crippen LogP) is 3.27. The zero-order valence-electron chi connectivity index (χ0n) is 21.5. The molecule has 0 bridgehead atoms. The number of nitrogens with zero attached hydrogens (tertiary/aromatic N) is 4. The Morgan fingerprint density at radius 2 is 1.87 bits per heavy atom. The van der Waals surface area contributed by atoms with Crippen LogP contribution in [0.4, 0.5) is 5.69 Å². The lowest BCUT2D eigenvalue weighted by Gasteiger charge is -2.30. The fourth-order valence-electron chi connectivity index (χ4n) is 4.74. The lowest BCUT2D eigenvalue weighted by molar-refractivity contribution is -0.121. The van der Waals surface area contributed by atoms with Gasteiger partial charge in [-0.25, -0.2) is 8.42 Å². The van der Waals surface area contributed by atoms with E-state index in [1.165, 1.54) is 17.5 Å². The largest absolute Gasteiger partial charge is 0.495 e. The number of ether oxygens (including phenoxy) is 2. The molecule has 208 valence electrons. The number of amides is 1. The molecular formula is C26H30ClN5O6S. The van der Waals surface area contributed by atoms with E-state index in [9.17, 15) is 13.2 Å². The van der Waals surface area contributed by atoms with Crippen molar-refractivity contribution >= 4 is 33.2 Å². The maximum Gasteiger partial charge on any atom is 0.246 e. The van der Waals surface area contributed by atoms with Gasteiger partial charge in [-0.15, -0.1) is 0 Å². The Morgan fingerprint density at radius 3 is 2.59 bits per heavy atom. The minimum Gasteiger partial charge on any atom is -0.495 e. The number of hydrogen-bond donors (Lipinski definition) is 1. The van der Waals surface area contributed by atoms with Gasteiger partial charge in [0.15, 0.2) is 0 Å². The van der Waals surface area contributed by atoms with E-state index in [1.807, 2.05) is 18.2 Å². The molecule has 2 aliphatic rings. The summed E-state index contributed by atoms with van der Waals surface area (Å²) >= 11 is 6.23. The summed E-state index contributed by atoms with van der Waals surface area (Å²) in [5.41, 5.74) is 1.12. The van der Waals surface area contributed by atoms with Crippen LogP contribution in [0.2, 0.25) is 5.02 Å². The number of hydrogen-bond acceptors (Lipinski definition) is 9. The van der Waals surface area contributed by atoms with Gasteiger partial charge >= 0.3 is 0 Å². The van der Waals surface area contributed by atoms with Crippen molar-refractivity contribution in [1.29, 1.82) is 0 Å². The number of likely N-dealkylation sites (tertiary alicyclic amines) is 1. The van der Waals surface area contributed by atoms with Crippen molar-refractivity contribution in [3.05, 3.63) is 53.4 Å². The Hall–Kier alpha value is -3.03. The van der Waals surface area contributed by atoms with Crippen LogP contribution in [0.1, 0.15) is 18.7 Å². The number of piperidine rings is 1. The van der Waals surface area contributed by atoms with E-state index in [0.29, 0.717) is 73.7 Å². The number of rotatable bonds is 8. The van der Waals surface area contributed by atoms with E-state index in [1.54, 1.807) is 18.2 Å². The lowest BCUT2D eigenvalue weighted by atomic mass is 9.96. The summed E-state index contributed by atoms with van der Waals surface area (Å²) in [6, 6.07) is 12.0. The Kier molecular flexibility index (Phi) is 8.48. The first-order chi connectivity index (χ1) is 18.8. The van der Waals surface area contributed by atoms with Crippen molar-refractivity contribution in [2.24, 2.45) is 5.92 Å². The second-order valence-corrected chi connectivity index (χ2v) is 11.7. The predicted molar refractivity (Wildman–Crippen MR) is 144 cm³/mol. The molecule has 3 aromatic rings. The number of carbonyl (C=O) groups excluding carboxylic acids is 1. The highest BCUT2D eigenvalue weighted by Crippen LogP contribution is 2.31. The van der Waals surface area contributed by atoms with Crippen LogP contribution < -0.4 is 10.1 Å². The number of carbonyl (C=O) groups is 1. The van der Waals surface area contributed by atoms with Crippen LogP contribution in [0.5, 0.6) is 5.75 Å². The fraction of sp³-hybridized carbons (Fsp3) is 0.423. The summed E-state index contributed by atoms with van der Waals surface area (Å²) < 4.78 is 43.9. The third-order valence-corrected chi connectivity index (χ3v) is 9.17. The van der Waals surface area contributed by atoms with Gasteiger partial charge in [-0.05, 0) is 56.3 Å². The van der Waals surface area contributed by atoms with Crippen LogP contribution >= 0.6 is 11.6 Å². The van der Waals surface area contributed by atoms with Crippen molar-refractivity contribution in [3.8, 4) is 17.1 Å². The molecule has 0 radical (unpaired) electrons. The molecule has 1 amide bonds. The average molecular weight is 576 g/mol. The topological polar surface area (TPSA) is 127 Å². The first-order valence-electron chi connectivity index (χ1n) is 12.7. The maximum atomic E-state index is 13.2. The molecular weight excluding hydrogens is 546 g/mol.